The molecule has 0 aliphatic carbocycles. The van der Waals surface area contributed by atoms with Crippen LogP contribution in [0.25, 0.3) is 0 Å². The Balaban J connectivity index is 2.05. The predicted octanol–water partition coefficient (Wildman–Crippen LogP) is 1.38. The van der Waals surface area contributed by atoms with Crippen molar-refractivity contribution in [1.29, 1.82) is 0 Å². The molecule has 0 bridgehead atoms. The van der Waals surface area contributed by atoms with E-state index in [4.69, 9.17) is 0 Å². The van der Waals surface area contributed by atoms with Crippen molar-refractivity contribution in [3.05, 3.63) is 58.9 Å². The van der Waals surface area contributed by atoms with E-state index in [1.807, 2.05) is 59.0 Å². The number of carbonyl (C=O) groups is 2. The number of ketones is 1. The second-order valence-electron chi connectivity index (χ2n) is 7.31. The predicted molar refractivity (Wildman–Crippen MR) is 104 cm³/mol. The van der Waals surface area contributed by atoms with Crippen LogP contribution in [0.15, 0.2) is 36.4 Å². The molecular formula is C21H30N3O2+. The van der Waals surface area contributed by atoms with Gasteiger partial charge >= 0.3 is 0 Å². The number of hydrogen-bond donors (Lipinski definition) is 2. The van der Waals surface area contributed by atoms with E-state index < -0.39 is 0 Å². The number of aromatic nitrogens is 1. The molecule has 0 spiro atoms. The molecular weight excluding hydrogens is 326 g/mol. The number of nitrogens with one attached hydrogen (secondary N) is 2. The minimum atomic E-state index is -0.0279. The van der Waals surface area contributed by atoms with E-state index in [0.717, 1.165) is 28.4 Å². The first-order valence-electron chi connectivity index (χ1n) is 9.12. The van der Waals surface area contributed by atoms with Crippen LogP contribution >= 0.6 is 0 Å². The second-order valence-corrected chi connectivity index (χ2v) is 7.31. The van der Waals surface area contributed by atoms with Gasteiger partial charge in [-0.3, -0.25) is 9.59 Å². The zero-order chi connectivity index (χ0) is 19.3. The Hall–Kier alpha value is -2.40. The number of amides is 1. The molecule has 1 aromatic carbocycles. The van der Waals surface area contributed by atoms with Crippen molar-refractivity contribution < 1.29 is 14.5 Å². The maximum Gasteiger partial charge on any atom is 0.275 e. The zero-order valence-corrected chi connectivity index (χ0v) is 16.4. The first-order chi connectivity index (χ1) is 12.3. The number of likely N-dealkylation sites (N-methyl/N-ethyl adjacent to an activating group) is 1. The largest absolute Gasteiger partial charge is 0.349 e. The van der Waals surface area contributed by atoms with E-state index in [0.29, 0.717) is 13.1 Å². The van der Waals surface area contributed by atoms with Gasteiger partial charge in [-0.1, -0.05) is 30.3 Å². The molecule has 0 radical (unpaired) electrons. The van der Waals surface area contributed by atoms with Gasteiger partial charge in [-0.25, -0.2) is 0 Å². The maximum atomic E-state index is 12.7. The van der Waals surface area contributed by atoms with Gasteiger partial charge in [-0.15, -0.1) is 0 Å². The summed E-state index contributed by atoms with van der Waals surface area (Å²) in [4.78, 5) is 25.5. The standard InChI is InChI=1S/C21H29N3O2/c1-15(2)22-21(26)14-23(5)13-20(25)19-11-16(3)24(17(19)4)12-18-9-7-6-8-10-18/h6-11,15H,12-14H2,1-5H3,(H,22,26)/p+1. The van der Waals surface area contributed by atoms with Crippen LogP contribution in [-0.2, 0) is 11.3 Å². The van der Waals surface area contributed by atoms with E-state index in [2.05, 4.69) is 22.0 Å². The lowest BCUT2D eigenvalue weighted by Gasteiger charge is -2.14. The number of carbonyl (C=O) groups excluding carboxylic acids is 2. The molecule has 0 aliphatic heterocycles. The normalized spacial score (nSPS) is 12.2. The van der Waals surface area contributed by atoms with Gasteiger partial charge < -0.3 is 14.8 Å². The first-order valence-corrected chi connectivity index (χ1v) is 9.12. The van der Waals surface area contributed by atoms with Crippen molar-refractivity contribution in [3.63, 3.8) is 0 Å². The highest BCUT2D eigenvalue weighted by atomic mass is 16.2. The summed E-state index contributed by atoms with van der Waals surface area (Å²) in [5, 5.41) is 2.86. The van der Waals surface area contributed by atoms with Crippen LogP contribution in [0.2, 0.25) is 0 Å². The summed E-state index contributed by atoms with van der Waals surface area (Å²) >= 11 is 0. The molecule has 0 fully saturated rings. The monoisotopic (exact) mass is 356 g/mol. The molecule has 1 aromatic heterocycles. The fourth-order valence-electron chi connectivity index (χ4n) is 3.17. The van der Waals surface area contributed by atoms with Crippen molar-refractivity contribution >= 4 is 11.7 Å². The number of Topliss-reactive ketones (excluding diaryl/α,β-unsaturated/α-hetero) is 1. The second kappa shape index (κ2) is 8.81. The molecule has 1 atom stereocenters. The van der Waals surface area contributed by atoms with Crippen molar-refractivity contribution in [3.8, 4) is 0 Å². The van der Waals surface area contributed by atoms with Crippen LogP contribution in [0.5, 0.6) is 0 Å². The summed E-state index contributed by atoms with van der Waals surface area (Å²) in [5.41, 5.74) is 4.02. The highest BCUT2D eigenvalue weighted by Gasteiger charge is 2.20. The van der Waals surface area contributed by atoms with Crippen LogP contribution in [0.4, 0.5) is 0 Å². The number of benzene rings is 1. The molecule has 2 N–H and O–H groups in total. The third kappa shape index (κ3) is 5.30. The zero-order valence-electron chi connectivity index (χ0n) is 16.4. The third-order valence-corrected chi connectivity index (χ3v) is 4.43. The molecule has 0 saturated heterocycles. The quantitative estimate of drug-likeness (QED) is 0.702. The molecule has 5 nitrogen and oxygen atoms in total. The van der Waals surface area contributed by atoms with E-state index in [1.165, 1.54) is 5.56 Å². The maximum absolute atomic E-state index is 12.7. The number of aryl methyl sites for hydroxylation is 1. The smallest absolute Gasteiger partial charge is 0.275 e. The molecule has 1 heterocycles. The Morgan fingerprint density at radius 2 is 1.77 bits per heavy atom. The van der Waals surface area contributed by atoms with E-state index in [-0.39, 0.29) is 17.7 Å². The van der Waals surface area contributed by atoms with E-state index in [1.54, 1.807) is 0 Å². The van der Waals surface area contributed by atoms with Gasteiger partial charge in [0.25, 0.3) is 5.91 Å². The fourth-order valence-corrected chi connectivity index (χ4v) is 3.17. The lowest BCUT2D eigenvalue weighted by molar-refractivity contribution is -0.862. The molecule has 0 saturated carbocycles. The minimum Gasteiger partial charge on any atom is -0.349 e. The summed E-state index contributed by atoms with van der Waals surface area (Å²) < 4.78 is 2.17. The van der Waals surface area contributed by atoms with Gasteiger partial charge in [0, 0.05) is 29.5 Å². The summed E-state index contributed by atoms with van der Waals surface area (Å²) in [5.74, 6) is 0.0482. The average Bonchev–Trinajstić information content (AvgIpc) is 2.83. The Bertz CT molecular complexity index is 763. The SMILES string of the molecule is Cc1cc(C(=O)C[NH+](C)CC(=O)NC(C)C)c(C)n1Cc1ccccc1. The van der Waals surface area contributed by atoms with E-state index >= 15 is 0 Å². The number of rotatable bonds is 8. The molecule has 2 rings (SSSR count). The van der Waals surface area contributed by atoms with Gasteiger partial charge in [0.15, 0.2) is 6.54 Å². The summed E-state index contributed by atoms with van der Waals surface area (Å²) in [7, 11) is 1.88. The Kier molecular flexibility index (Phi) is 6.75. The molecule has 0 aliphatic rings. The van der Waals surface area contributed by atoms with Gasteiger partial charge in [-0.2, -0.15) is 0 Å². The van der Waals surface area contributed by atoms with Crippen molar-refractivity contribution in [2.45, 2.75) is 40.3 Å². The summed E-state index contributed by atoms with van der Waals surface area (Å²) in [6, 6.07) is 12.3. The summed E-state index contributed by atoms with van der Waals surface area (Å²) in [6.45, 7) is 9.24. The Labute approximate surface area is 156 Å². The topological polar surface area (TPSA) is 55.5 Å². The van der Waals surface area contributed by atoms with Crippen molar-refractivity contribution in [1.82, 2.24) is 9.88 Å². The van der Waals surface area contributed by atoms with Gasteiger partial charge in [0.2, 0.25) is 5.78 Å². The minimum absolute atomic E-state index is 0.0279. The molecule has 1 amide bonds. The number of quaternary nitrogens is 1. The lowest BCUT2D eigenvalue weighted by atomic mass is 10.1. The Morgan fingerprint density at radius 1 is 1.12 bits per heavy atom. The highest BCUT2D eigenvalue weighted by Crippen LogP contribution is 2.17. The van der Waals surface area contributed by atoms with Crippen molar-refractivity contribution in [2.75, 3.05) is 20.1 Å². The van der Waals surface area contributed by atoms with Gasteiger partial charge in [-0.05, 0) is 39.3 Å². The highest BCUT2D eigenvalue weighted by molar-refractivity contribution is 5.98. The van der Waals surface area contributed by atoms with Crippen LogP contribution in [0, 0.1) is 13.8 Å². The van der Waals surface area contributed by atoms with Crippen LogP contribution in [-0.4, -0.2) is 42.4 Å². The van der Waals surface area contributed by atoms with Crippen LogP contribution in [0.3, 0.4) is 0 Å². The van der Waals surface area contributed by atoms with Gasteiger partial charge in [0.05, 0.1) is 7.05 Å². The summed E-state index contributed by atoms with van der Waals surface area (Å²) in [6.07, 6.45) is 0. The third-order valence-electron chi connectivity index (χ3n) is 4.43. The molecule has 26 heavy (non-hydrogen) atoms. The molecule has 140 valence electrons. The number of hydrogen-bond acceptors (Lipinski definition) is 2. The van der Waals surface area contributed by atoms with Crippen LogP contribution < -0.4 is 10.2 Å². The number of nitrogens with zero attached hydrogens (tertiary/aromatic N) is 1. The molecule has 2 aromatic rings. The van der Waals surface area contributed by atoms with Gasteiger partial charge in [0.1, 0.15) is 6.54 Å². The average molecular weight is 356 g/mol. The van der Waals surface area contributed by atoms with Crippen LogP contribution in [0.1, 0.15) is 41.2 Å². The van der Waals surface area contributed by atoms with Crippen molar-refractivity contribution in [2.24, 2.45) is 0 Å². The fraction of sp³-hybridized carbons (Fsp3) is 0.429. The molecule has 1 unspecified atom stereocenters. The molecule has 5 heteroatoms. The Morgan fingerprint density at radius 3 is 2.38 bits per heavy atom. The lowest BCUT2D eigenvalue weighted by Crippen LogP contribution is -3.11. The van der Waals surface area contributed by atoms with E-state index in [9.17, 15) is 9.59 Å². The first kappa shape index (κ1) is 19.9.